The van der Waals surface area contributed by atoms with Crippen molar-refractivity contribution < 1.29 is 17.6 Å². The highest BCUT2D eigenvalue weighted by Crippen LogP contribution is 2.30. The molecule has 1 aliphatic carbocycles. The van der Waals surface area contributed by atoms with Gasteiger partial charge in [-0.05, 0) is 31.0 Å². The van der Waals surface area contributed by atoms with E-state index in [0.29, 0.717) is 36.9 Å². The number of carbonyl (C=O) groups is 1. The van der Waals surface area contributed by atoms with Crippen LogP contribution < -0.4 is 16.0 Å². The molecule has 9 nitrogen and oxygen atoms in total. The van der Waals surface area contributed by atoms with Crippen molar-refractivity contribution in [3.8, 4) is 0 Å². The number of nitrogens with zero attached hydrogens (tertiary/aromatic N) is 3. The number of amides is 1. The van der Waals surface area contributed by atoms with Crippen LogP contribution in [0.5, 0.6) is 0 Å². The summed E-state index contributed by atoms with van der Waals surface area (Å²) in [6.45, 7) is 2.03. The SMILES string of the molecule is Nc1nc(C(=O)Nc2cc(N3CCN(S(=O)(=O)C4CCCCC4)CC3)ccc2Cl)co1. The first kappa shape index (κ1) is 21.9. The van der Waals surface area contributed by atoms with Crippen LogP contribution in [0.4, 0.5) is 17.4 Å². The lowest BCUT2D eigenvalue weighted by Crippen LogP contribution is -2.51. The molecule has 1 saturated carbocycles. The molecule has 1 amide bonds. The van der Waals surface area contributed by atoms with Crippen molar-refractivity contribution in [2.75, 3.05) is 42.1 Å². The van der Waals surface area contributed by atoms with Crippen LogP contribution in [0.25, 0.3) is 0 Å². The molecule has 0 radical (unpaired) electrons. The van der Waals surface area contributed by atoms with E-state index in [4.69, 9.17) is 21.8 Å². The number of carbonyl (C=O) groups excluding carboxylic acids is 1. The zero-order valence-electron chi connectivity index (χ0n) is 17.1. The minimum Gasteiger partial charge on any atom is -0.431 e. The van der Waals surface area contributed by atoms with E-state index in [1.54, 1.807) is 16.4 Å². The number of benzene rings is 1. The van der Waals surface area contributed by atoms with Crippen LogP contribution in [-0.4, -0.2) is 55.0 Å². The fourth-order valence-corrected chi connectivity index (χ4v) is 6.35. The quantitative estimate of drug-likeness (QED) is 0.693. The van der Waals surface area contributed by atoms with Gasteiger partial charge < -0.3 is 20.4 Å². The number of piperazine rings is 1. The van der Waals surface area contributed by atoms with Gasteiger partial charge in [0.25, 0.3) is 11.9 Å². The molecular formula is C20H26ClN5O4S. The largest absolute Gasteiger partial charge is 0.431 e. The lowest BCUT2D eigenvalue weighted by molar-refractivity contribution is 0.102. The van der Waals surface area contributed by atoms with Gasteiger partial charge in [0.1, 0.15) is 6.26 Å². The molecule has 0 atom stereocenters. The Hall–Kier alpha value is -2.30. The van der Waals surface area contributed by atoms with Crippen LogP contribution in [0.3, 0.4) is 0 Å². The monoisotopic (exact) mass is 467 g/mol. The fourth-order valence-electron chi connectivity index (χ4n) is 4.16. The first-order valence-corrected chi connectivity index (χ1v) is 12.3. The summed E-state index contributed by atoms with van der Waals surface area (Å²) in [5, 5.41) is 2.85. The van der Waals surface area contributed by atoms with E-state index in [9.17, 15) is 13.2 Å². The number of hydrogen-bond acceptors (Lipinski definition) is 7. The van der Waals surface area contributed by atoms with Gasteiger partial charge in [0.05, 0.1) is 16.0 Å². The Kier molecular flexibility index (Phi) is 6.40. The van der Waals surface area contributed by atoms with Gasteiger partial charge in [-0.25, -0.2) is 8.42 Å². The molecule has 31 heavy (non-hydrogen) atoms. The van der Waals surface area contributed by atoms with Crippen LogP contribution in [-0.2, 0) is 10.0 Å². The first-order chi connectivity index (χ1) is 14.8. The number of oxazole rings is 1. The van der Waals surface area contributed by atoms with Crippen molar-refractivity contribution in [3.05, 3.63) is 35.2 Å². The van der Waals surface area contributed by atoms with Gasteiger partial charge in [0.15, 0.2) is 5.69 Å². The predicted molar refractivity (Wildman–Crippen MR) is 120 cm³/mol. The van der Waals surface area contributed by atoms with Gasteiger partial charge in [-0.1, -0.05) is 30.9 Å². The molecule has 3 N–H and O–H groups in total. The topological polar surface area (TPSA) is 122 Å². The molecule has 1 aliphatic heterocycles. The number of hydrogen-bond donors (Lipinski definition) is 2. The summed E-state index contributed by atoms with van der Waals surface area (Å²) in [4.78, 5) is 18.2. The van der Waals surface area contributed by atoms with E-state index in [0.717, 1.165) is 37.8 Å². The second-order valence-electron chi connectivity index (χ2n) is 7.88. The highest BCUT2D eigenvalue weighted by Gasteiger charge is 2.34. The summed E-state index contributed by atoms with van der Waals surface area (Å²) in [6.07, 6.45) is 5.81. The highest BCUT2D eigenvalue weighted by molar-refractivity contribution is 7.89. The second kappa shape index (κ2) is 9.05. The lowest BCUT2D eigenvalue weighted by Gasteiger charge is -2.37. The third kappa shape index (κ3) is 4.81. The van der Waals surface area contributed by atoms with Crippen LogP contribution in [0.1, 0.15) is 42.6 Å². The lowest BCUT2D eigenvalue weighted by atomic mass is 10.0. The van der Waals surface area contributed by atoms with Gasteiger partial charge in [0, 0.05) is 31.9 Å². The van der Waals surface area contributed by atoms with Crippen LogP contribution in [0.15, 0.2) is 28.9 Å². The maximum Gasteiger partial charge on any atom is 0.292 e. The summed E-state index contributed by atoms with van der Waals surface area (Å²) >= 11 is 6.25. The molecule has 0 bridgehead atoms. The summed E-state index contributed by atoms with van der Waals surface area (Å²) in [5.74, 6) is -0.483. The normalized spacial score (nSPS) is 18.8. The van der Waals surface area contributed by atoms with Crippen molar-refractivity contribution in [2.24, 2.45) is 0 Å². The van der Waals surface area contributed by atoms with Crippen molar-refractivity contribution in [1.29, 1.82) is 0 Å². The number of nitrogen functional groups attached to an aromatic ring is 1. The highest BCUT2D eigenvalue weighted by atomic mass is 35.5. The summed E-state index contributed by atoms with van der Waals surface area (Å²) in [5.41, 5.74) is 6.76. The molecule has 11 heteroatoms. The van der Waals surface area contributed by atoms with Crippen molar-refractivity contribution in [2.45, 2.75) is 37.4 Å². The number of anilines is 3. The smallest absolute Gasteiger partial charge is 0.292 e. The molecule has 1 saturated heterocycles. The number of halogens is 1. The minimum atomic E-state index is -3.25. The van der Waals surface area contributed by atoms with E-state index >= 15 is 0 Å². The second-order valence-corrected chi connectivity index (χ2v) is 10.5. The van der Waals surface area contributed by atoms with Gasteiger partial charge in [0.2, 0.25) is 10.0 Å². The Morgan fingerprint density at radius 3 is 2.52 bits per heavy atom. The molecular weight excluding hydrogens is 442 g/mol. The molecule has 0 spiro atoms. The van der Waals surface area contributed by atoms with Gasteiger partial charge in [-0.15, -0.1) is 0 Å². The number of sulfonamides is 1. The molecule has 0 unspecified atom stereocenters. The Labute approximate surface area is 186 Å². The maximum absolute atomic E-state index is 13.0. The minimum absolute atomic E-state index is 0.0560. The average molecular weight is 468 g/mol. The third-order valence-electron chi connectivity index (χ3n) is 5.89. The number of rotatable bonds is 5. The van der Waals surface area contributed by atoms with E-state index in [2.05, 4.69) is 15.2 Å². The van der Waals surface area contributed by atoms with E-state index in [1.807, 2.05) is 6.07 Å². The summed E-state index contributed by atoms with van der Waals surface area (Å²) in [6, 6.07) is 5.24. The molecule has 168 valence electrons. The van der Waals surface area contributed by atoms with Gasteiger partial charge in [-0.3, -0.25) is 4.79 Å². The Balaban J connectivity index is 1.41. The molecule has 2 aromatic rings. The number of nitrogens with one attached hydrogen (secondary N) is 1. The fraction of sp³-hybridized carbons (Fsp3) is 0.500. The molecule has 4 rings (SSSR count). The standard InChI is InChI=1S/C20H26ClN5O4S/c21-16-7-6-14(12-17(16)23-19(27)18-13-30-20(22)24-18)25-8-10-26(11-9-25)31(28,29)15-4-2-1-3-5-15/h6-7,12-13,15H,1-5,8-11H2,(H2,22,24)(H,23,27). The predicted octanol–water partition coefficient (Wildman–Crippen LogP) is 2.95. The summed E-state index contributed by atoms with van der Waals surface area (Å²) in [7, 11) is -3.25. The third-order valence-corrected chi connectivity index (χ3v) is 8.62. The zero-order valence-corrected chi connectivity index (χ0v) is 18.7. The molecule has 1 aromatic heterocycles. The van der Waals surface area contributed by atoms with Crippen molar-refractivity contribution in [3.63, 3.8) is 0 Å². The van der Waals surface area contributed by atoms with Gasteiger partial charge >= 0.3 is 0 Å². The molecule has 2 heterocycles. The summed E-state index contributed by atoms with van der Waals surface area (Å²) < 4.78 is 32.4. The van der Waals surface area contributed by atoms with Crippen molar-refractivity contribution in [1.82, 2.24) is 9.29 Å². The maximum atomic E-state index is 13.0. The van der Waals surface area contributed by atoms with Crippen molar-refractivity contribution >= 4 is 44.9 Å². The van der Waals surface area contributed by atoms with E-state index < -0.39 is 15.9 Å². The molecule has 2 aliphatic rings. The number of aromatic nitrogens is 1. The molecule has 2 fully saturated rings. The van der Waals surface area contributed by atoms with Crippen LogP contribution in [0, 0.1) is 0 Å². The zero-order chi connectivity index (χ0) is 22.0. The average Bonchev–Trinajstić information content (AvgIpc) is 3.22. The Morgan fingerprint density at radius 1 is 1.16 bits per heavy atom. The van der Waals surface area contributed by atoms with Gasteiger partial charge in [-0.2, -0.15) is 9.29 Å². The first-order valence-electron chi connectivity index (χ1n) is 10.4. The molecule has 1 aromatic carbocycles. The Morgan fingerprint density at radius 2 is 1.87 bits per heavy atom. The number of nitrogens with two attached hydrogens (primary N) is 1. The Bertz CT molecular complexity index is 1040. The van der Waals surface area contributed by atoms with E-state index in [1.165, 1.54) is 6.26 Å². The van der Waals surface area contributed by atoms with Crippen LogP contribution >= 0.6 is 11.6 Å². The van der Waals surface area contributed by atoms with Crippen LogP contribution in [0.2, 0.25) is 5.02 Å². The van der Waals surface area contributed by atoms with E-state index in [-0.39, 0.29) is 17.0 Å².